The number of urea groups is 1. The van der Waals surface area contributed by atoms with Gasteiger partial charge >= 0.3 is 6.03 Å². The van der Waals surface area contributed by atoms with Crippen molar-refractivity contribution >= 4 is 6.03 Å². The third-order valence-corrected chi connectivity index (χ3v) is 4.26. The lowest BCUT2D eigenvalue weighted by Gasteiger charge is -2.37. The van der Waals surface area contributed by atoms with Crippen LogP contribution in [0.2, 0.25) is 0 Å². The number of rotatable bonds is 5. The minimum atomic E-state index is -0.512. The molecule has 23 heavy (non-hydrogen) atoms. The van der Waals surface area contributed by atoms with Gasteiger partial charge in [-0.3, -0.25) is 0 Å². The fourth-order valence-electron chi connectivity index (χ4n) is 2.98. The van der Waals surface area contributed by atoms with Gasteiger partial charge in [-0.15, -0.1) is 0 Å². The lowest BCUT2D eigenvalue weighted by Crippen LogP contribution is -2.52. The topological polar surface area (TPSA) is 71.0 Å². The SMILES string of the molecule is COc1ccc(CNC(=O)N2CCCC[C@@H]2[C@H](C)O)cc1OC. The van der Waals surface area contributed by atoms with Gasteiger partial charge in [0.25, 0.3) is 0 Å². The molecule has 2 atom stereocenters. The summed E-state index contributed by atoms with van der Waals surface area (Å²) in [7, 11) is 3.17. The van der Waals surface area contributed by atoms with Gasteiger partial charge in [-0.2, -0.15) is 0 Å². The average Bonchev–Trinajstić information content (AvgIpc) is 2.59. The smallest absolute Gasteiger partial charge is 0.318 e. The number of hydrogen-bond donors (Lipinski definition) is 2. The second-order valence-electron chi connectivity index (χ2n) is 5.85. The van der Waals surface area contributed by atoms with Crippen LogP contribution in [0, 0.1) is 0 Å². The molecule has 128 valence electrons. The van der Waals surface area contributed by atoms with Crippen molar-refractivity contribution in [2.75, 3.05) is 20.8 Å². The van der Waals surface area contributed by atoms with E-state index in [9.17, 15) is 9.90 Å². The molecule has 0 aliphatic carbocycles. The van der Waals surface area contributed by atoms with Crippen molar-refractivity contribution in [2.24, 2.45) is 0 Å². The number of carbonyl (C=O) groups excluding carboxylic acids is 1. The van der Waals surface area contributed by atoms with E-state index in [4.69, 9.17) is 9.47 Å². The van der Waals surface area contributed by atoms with Gasteiger partial charge in [0.05, 0.1) is 26.4 Å². The van der Waals surface area contributed by atoms with Crippen molar-refractivity contribution in [3.63, 3.8) is 0 Å². The predicted octanol–water partition coefficient (Wildman–Crippen LogP) is 2.15. The van der Waals surface area contributed by atoms with Crippen molar-refractivity contribution in [3.8, 4) is 11.5 Å². The zero-order chi connectivity index (χ0) is 16.8. The Bertz CT molecular complexity index is 533. The molecule has 6 nitrogen and oxygen atoms in total. The monoisotopic (exact) mass is 322 g/mol. The first-order valence-electron chi connectivity index (χ1n) is 8.00. The Balaban J connectivity index is 1.98. The summed E-state index contributed by atoms with van der Waals surface area (Å²) in [5.74, 6) is 1.30. The molecule has 0 radical (unpaired) electrons. The van der Waals surface area contributed by atoms with Crippen LogP contribution >= 0.6 is 0 Å². The summed E-state index contributed by atoms with van der Waals surface area (Å²) in [5.41, 5.74) is 0.932. The third-order valence-electron chi connectivity index (χ3n) is 4.26. The zero-order valence-corrected chi connectivity index (χ0v) is 14.0. The number of aliphatic hydroxyl groups excluding tert-OH is 1. The number of piperidine rings is 1. The van der Waals surface area contributed by atoms with Crippen molar-refractivity contribution in [2.45, 2.75) is 44.9 Å². The number of amides is 2. The molecule has 1 fully saturated rings. The van der Waals surface area contributed by atoms with Gasteiger partial charge in [-0.1, -0.05) is 6.07 Å². The fraction of sp³-hybridized carbons (Fsp3) is 0.588. The number of ether oxygens (including phenoxy) is 2. The van der Waals surface area contributed by atoms with E-state index >= 15 is 0 Å². The summed E-state index contributed by atoms with van der Waals surface area (Å²) in [5, 5.41) is 12.8. The Morgan fingerprint density at radius 2 is 2.09 bits per heavy atom. The van der Waals surface area contributed by atoms with Gasteiger partial charge in [0, 0.05) is 13.1 Å². The molecular formula is C17H26N2O4. The van der Waals surface area contributed by atoms with E-state index in [1.54, 1.807) is 26.0 Å². The second-order valence-corrected chi connectivity index (χ2v) is 5.85. The summed E-state index contributed by atoms with van der Waals surface area (Å²) in [6.07, 6.45) is 2.37. The van der Waals surface area contributed by atoms with E-state index in [0.717, 1.165) is 24.8 Å². The van der Waals surface area contributed by atoms with Gasteiger partial charge < -0.3 is 24.8 Å². The maximum absolute atomic E-state index is 12.4. The maximum Gasteiger partial charge on any atom is 0.318 e. The molecule has 1 aliphatic rings. The summed E-state index contributed by atoms with van der Waals surface area (Å²) in [6, 6.07) is 5.32. The number of benzene rings is 1. The molecule has 1 heterocycles. The predicted molar refractivity (Wildman–Crippen MR) is 87.8 cm³/mol. The molecule has 1 aliphatic heterocycles. The van der Waals surface area contributed by atoms with Crippen molar-refractivity contribution in [3.05, 3.63) is 23.8 Å². The maximum atomic E-state index is 12.4. The Hall–Kier alpha value is -1.95. The van der Waals surface area contributed by atoms with E-state index in [0.29, 0.717) is 24.6 Å². The van der Waals surface area contributed by atoms with E-state index in [1.165, 1.54) is 0 Å². The highest BCUT2D eigenvalue weighted by Gasteiger charge is 2.29. The van der Waals surface area contributed by atoms with Crippen LogP contribution in [-0.4, -0.2) is 48.9 Å². The molecule has 6 heteroatoms. The summed E-state index contributed by atoms with van der Waals surface area (Å²) >= 11 is 0. The van der Waals surface area contributed by atoms with Crippen LogP contribution in [0.4, 0.5) is 4.79 Å². The number of aliphatic hydroxyl groups is 1. The molecule has 1 aromatic carbocycles. The highest BCUT2D eigenvalue weighted by molar-refractivity contribution is 5.74. The molecule has 2 amide bonds. The lowest BCUT2D eigenvalue weighted by molar-refractivity contribution is 0.0562. The largest absolute Gasteiger partial charge is 0.493 e. The molecule has 1 saturated heterocycles. The average molecular weight is 322 g/mol. The van der Waals surface area contributed by atoms with Gasteiger partial charge in [-0.05, 0) is 43.9 Å². The van der Waals surface area contributed by atoms with Gasteiger partial charge in [0.1, 0.15) is 0 Å². The van der Waals surface area contributed by atoms with Crippen molar-refractivity contribution in [1.82, 2.24) is 10.2 Å². The van der Waals surface area contributed by atoms with Crippen LogP contribution in [0.5, 0.6) is 11.5 Å². The van der Waals surface area contributed by atoms with Crippen LogP contribution in [0.3, 0.4) is 0 Å². The Morgan fingerprint density at radius 1 is 1.35 bits per heavy atom. The minimum absolute atomic E-state index is 0.103. The number of nitrogens with zero attached hydrogens (tertiary/aromatic N) is 1. The Kier molecular flexibility index (Phi) is 6.10. The molecule has 0 bridgehead atoms. The standard InChI is InChI=1S/C17H26N2O4/c1-12(20)14-6-4-5-9-19(14)17(21)18-11-13-7-8-15(22-2)16(10-13)23-3/h7-8,10,12,14,20H,4-6,9,11H2,1-3H3,(H,18,21)/t12-,14+/m0/s1. The van der Waals surface area contributed by atoms with Gasteiger partial charge in [-0.25, -0.2) is 4.79 Å². The number of methoxy groups -OCH3 is 2. The molecule has 0 saturated carbocycles. The molecule has 1 aromatic rings. The Morgan fingerprint density at radius 3 is 2.74 bits per heavy atom. The van der Waals surface area contributed by atoms with E-state index in [2.05, 4.69) is 5.32 Å². The molecule has 0 aromatic heterocycles. The number of nitrogens with one attached hydrogen (secondary N) is 1. The summed E-state index contributed by atoms with van der Waals surface area (Å²) in [4.78, 5) is 14.2. The first-order valence-corrected chi connectivity index (χ1v) is 8.00. The van der Waals surface area contributed by atoms with Crippen molar-refractivity contribution in [1.29, 1.82) is 0 Å². The number of likely N-dealkylation sites (tertiary alicyclic amines) is 1. The highest BCUT2D eigenvalue weighted by atomic mass is 16.5. The normalized spacial score (nSPS) is 19.1. The molecule has 2 rings (SSSR count). The molecular weight excluding hydrogens is 296 g/mol. The van der Waals surface area contributed by atoms with Gasteiger partial charge in [0.2, 0.25) is 0 Å². The molecule has 0 spiro atoms. The van der Waals surface area contributed by atoms with Crippen LogP contribution in [0.25, 0.3) is 0 Å². The van der Waals surface area contributed by atoms with Gasteiger partial charge in [0.15, 0.2) is 11.5 Å². The fourth-order valence-corrected chi connectivity index (χ4v) is 2.98. The summed E-state index contributed by atoms with van der Waals surface area (Å²) in [6.45, 7) is 2.83. The zero-order valence-electron chi connectivity index (χ0n) is 14.0. The quantitative estimate of drug-likeness (QED) is 0.871. The third kappa shape index (κ3) is 4.28. The van der Waals surface area contributed by atoms with E-state index in [-0.39, 0.29) is 12.1 Å². The van der Waals surface area contributed by atoms with E-state index < -0.39 is 6.10 Å². The first-order chi connectivity index (χ1) is 11.1. The lowest BCUT2D eigenvalue weighted by atomic mass is 9.98. The van der Waals surface area contributed by atoms with Crippen LogP contribution in [-0.2, 0) is 6.54 Å². The summed E-state index contributed by atoms with van der Waals surface area (Å²) < 4.78 is 10.5. The van der Waals surface area contributed by atoms with Crippen LogP contribution < -0.4 is 14.8 Å². The minimum Gasteiger partial charge on any atom is -0.493 e. The number of carbonyl (C=O) groups is 1. The van der Waals surface area contributed by atoms with Crippen LogP contribution in [0.1, 0.15) is 31.7 Å². The Labute approximate surface area is 137 Å². The highest BCUT2D eigenvalue weighted by Crippen LogP contribution is 2.27. The second kappa shape index (κ2) is 8.06. The van der Waals surface area contributed by atoms with Crippen LogP contribution in [0.15, 0.2) is 18.2 Å². The first kappa shape index (κ1) is 17.4. The number of hydrogen-bond acceptors (Lipinski definition) is 4. The molecule has 0 unspecified atom stereocenters. The molecule has 2 N–H and O–H groups in total. The van der Waals surface area contributed by atoms with Crippen molar-refractivity contribution < 1.29 is 19.4 Å². The van der Waals surface area contributed by atoms with E-state index in [1.807, 2.05) is 18.2 Å².